The van der Waals surface area contributed by atoms with Gasteiger partial charge in [0.15, 0.2) is 18.1 Å². The monoisotopic (exact) mass is 560 g/mol. The van der Waals surface area contributed by atoms with Gasteiger partial charge in [-0.3, -0.25) is 4.79 Å². The molecule has 36 heavy (non-hydrogen) atoms. The number of phenolic OH excluding ortho intramolecular Hbond substituents is 1. The minimum Gasteiger partial charge on any atom is -0.507 e. The molecular weight excluding hydrogens is 536 g/mol. The number of hydrazone groups is 1. The van der Waals surface area contributed by atoms with Gasteiger partial charge in [0.1, 0.15) is 5.75 Å². The maximum atomic E-state index is 12.5. The summed E-state index contributed by atoms with van der Waals surface area (Å²) in [5, 5.41) is 18.9. The van der Waals surface area contributed by atoms with Gasteiger partial charge in [0.2, 0.25) is 0 Å². The topological polar surface area (TPSA) is 148 Å². The van der Waals surface area contributed by atoms with Gasteiger partial charge in [-0.15, -0.1) is 0 Å². The Morgan fingerprint density at radius 2 is 2.00 bits per heavy atom. The molecule has 0 radical (unpaired) electrons. The minimum absolute atomic E-state index is 0.0124. The number of hydrogen-bond donors (Lipinski definition) is 4. The van der Waals surface area contributed by atoms with Gasteiger partial charge in [-0.05, 0) is 49.7 Å². The number of halogens is 1. The first-order valence-electron chi connectivity index (χ1n) is 10.8. The van der Waals surface area contributed by atoms with Crippen molar-refractivity contribution >= 4 is 40.1 Å². The van der Waals surface area contributed by atoms with Gasteiger partial charge in [-0.1, -0.05) is 22.0 Å². The van der Waals surface area contributed by atoms with Gasteiger partial charge < -0.3 is 30.0 Å². The Hall–Kier alpha value is -4.06. The van der Waals surface area contributed by atoms with Crippen LogP contribution in [-0.4, -0.2) is 49.6 Å². The standard InChI is InChI=1S/C24H25BrN4O7/c1-4-35-23(32)21-13(2)27-24(33)28-22(21)14-5-8-18(19(10-14)34-3)36-12-20(31)29-26-11-15-9-16(25)6-7-17(15)30/h5-11,22,30H,4,12H2,1-3H3,(H,29,31)(H2,27,28,33)/b26-11-/t22-/m1/s1. The van der Waals surface area contributed by atoms with Gasteiger partial charge in [0.25, 0.3) is 5.91 Å². The second-order valence-corrected chi connectivity index (χ2v) is 8.40. The molecule has 0 unspecified atom stereocenters. The van der Waals surface area contributed by atoms with Crippen LogP contribution < -0.4 is 25.5 Å². The third kappa shape index (κ3) is 6.54. The molecule has 2 aromatic rings. The molecule has 0 fully saturated rings. The van der Waals surface area contributed by atoms with Gasteiger partial charge in [0.05, 0.1) is 31.5 Å². The largest absolute Gasteiger partial charge is 0.507 e. The molecule has 0 bridgehead atoms. The number of ether oxygens (including phenoxy) is 3. The van der Waals surface area contributed by atoms with E-state index in [2.05, 4.69) is 37.1 Å². The van der Waals surface area contributed by atoms with E-state index in [4.69, 9.17) is 14.2 Å². The number of carbonyl (C=O) groups excluding carboxylic acids is 3. The van der Waals surface area contributed by atoms with Crippen LogP contribution in [0.1, 0.15) is 31.0 Å². The Morgan fingerprint density at radius 3 is 2.72 bits per heavy atom. The Bertz CT molecular complexity index is 1230. The molecule has 4 N–H and O–H groups in total. The number of rotatable bonds is 9. The Morgan fingerprint density at radius 1 is 1.22 bits per heavy atom. The van der Waals surface area contributed by atoms with Crippen LogP contribution in [0.5, 0.6) is 17.2 Å². The van der Waals surface area contributed by atoms with E-state index < -0.39 is 23.9 Å². The Balaban J connectivity index is 1.70. The Labute approximate surface area is 215 Å². The van der Waals surface area contributed by atoms with E-state index >= 15 is 0 Å². The van der Waals surface area contributed by atoms with E-state index in [0.29, 0.717) is 16.8 Å². The van der Waals surface area contributed by atoms with Crippen molar-refractivity contribution in [1.82, 2.24) is 16.1 Å². The average molecular weight is 561 g/mol. The second-order valence-electron chi connectivity index (χ2n) is 7.49. The summed E-state index contributed by atoms with van der Waals surface area (Å²) in [5.41, 5.74) is 3.93. The number of carbonyl (C=O) groups is 3. The molecule has 12 heteroatoms. The SMILES string of the molecule is CCOC(=O)C1=C(C)NC(=O)N[C@@H]1c1ccc(OCC(=O)N/N=C\c2cc(Br)ccc2O)c(OC)c1. The van der Waals surface area contributed by atoms with Crippen LogP contribution in [0.2, 0.25) is 0 Å². The van der Waals surface area contributed by atoms with Crippen molar-refractivity contribution in [3.8, 4) is 17.2 Å². The van der Waals surface area contributed by atoms with Crippen LogP contribution in [0, 0.1) is 0 Å². The summed E-state index contributed by atoms with van der Waals surface area (Å²) < 4.78 is 16.8. The molecule has 0 spiro atoms. The fourth-order valence-corrected chi connectivity index (χ4v) is 3.76. The third-order valence-electron chi connectivity index (χ3n) is 5.03. The molecule has 2 aromatic carbocycles. The molecule has 0 saturated heterocycles. The lowest BCUT2D eigenvalue weighted by Gasteiger charge is -2.28. The minimum atomic E-state index is -0.771. The van der Waals surface area contributed by atoms with Gasteiger partial charge in [-0.2, -0.15) is 5.10 Å². The molecule has 3 rings (SSSR count). The first-order valence-corrected chi connectivity index (χ1v) is 11.6. The van der Waals surface area contributed by atoms with Crippen molar-refractivity contribution in [1.29, 1.82) is 0 Å². The molecule has 0 aromatic heterocycles. The van der Waals surface area contributed by atoms with Crippen LogP contribution in [0.3, 0.4) is 0 Å². The van der Waals surface area contributed by atoms with Crippen LogP contribution in [0.4, 0.5) is 4.79 Å². The van der Waals surface area contributed by atoms with Crippen LogP contribution in [0.15, 0.2) is 57.2 Å². The molecule has 0 saturated carbocycles. The molecule has 3 amide bonds. The smallest absolute Gasteiger partial charge is 0.338 e. The zero-order chi connectivity index (χ0) is 26.2. The normalized spacial score (nSPS) is 15.2. The van der Waals surface area contributed by atoms with Gasteiger partial charge in [0, 0.05) is 15.7 Å². The van der Waals surface area contributed by atoms with Gasteiger partial charge in [-0.25, -0.2) is 15.0 Å². The zero-order valence-electron chi connectivity index (χ0n) is 19.8. The van der Waals surface area contributed by atoms with Gasteiger partial charge >= 0.3 is 12.0 Å². The highest BCUT2D eigenvalue weighted by molar-refractivity contribution is 9.10. The number of aromatic hydroxyl groups is 1. The van der Waals surface area contributed by atoms with Crippen molar-refractivity contribution in [2.45, 2.75) is 19.9 Å². The van der Waals surface area contributed by atoms with Crippen molar-refractivity contribution < 1.29 is 33.7 Å². The molecule has 190 valence electrons. The number of allylic oxidation sites excluding steroid dienone is 1. The van der Waals surface area contributed by atoms with E-state index in [1.165, 1.54) is 19.4 Å². The lowest BCUT2D eigenvalue weighted by molar-refractivity contribution is -0.139. The fraction of sp³-hybridized carbons (Fsp3) is 0.250. The molecule has 1 aliphatic rings. The van der Waals surface area contributed by atoms with Crippen molar-refractivity contribution in [3.05, 3.63) is 63.3 Å². The van der Waals surface area contributed by atoms with E-state index in [-0.39, 0.29) is 36.0 Å². The molecule has 11 nitrogen and oxygen atoms in total. The number of nitrogens with one attached hydrogen (secondary N) is 3. The van der Waals surface area contributed by atoms with Crippen LogP contribution in [0.25, 0.3) is 0 Å². The van der Waals surface area contributed by atoms with E-state index in [1.807, 2.05) is 0 Å². The summed E-state index contributed by atoms with van der Waals surface area (Å²) in [6, 6.07) is 8.39. The number of phenols is 1. The summed E-state index contributed by atoms with van der Waals surface area (Å²) in [5.74, 6) is -0.528. The highest BCUT2D eigenvalue weighted by atomic mass is 79.9. The zero-order valence-corrected chi connectivity index (χ0v) is 21.3. The molecule has 0 aliphatic carbocycles. The number of amides is 3. The number of esters is 1. The van der Waals surface area contributed by atoms with Crippen LogP contribution >= 0.6 is 15.9 Å². The summed E-state index contributed by atoms with van der Waals surface area (Å²) in [6.07, 6.45) is 1.30. The van der Waals surface area contributed by atoms with Crippen molar-refractivity contribution in [3.63, 3.8) is 0 Å². The fourth-order valence-electron chi connectivity index (χ4n) is 3.38. The molecule has 1 atom stereocenters. The third-order valence-corrected chi connectivity index (χ3v) is 5.52. The quantitative estimate of drug-likeness (QED) is 0.209. The lowest BCUT2D eigenvalue weighted by atomic mass is 9.95. The predicted molar refractivity (Wildman–Crippen MR) is 134 cm³/mol. The van der Waals surface area contributed by atoms with E-state index in [0.717, 1.165) is 4.47 Å². The Kier molecular flexibility index (Phi) is 8.90. The van der Waals surface area contributed by atoms with E-state index in [9.17, 15) is 19.5 Å². The first kappa shape index (κ1) is 26.5. The summed E-state index contributed by atoms with van der Waals surface area (Å²) in [7, 11) is 1.43. The van der Waals surface area contributed by atoms with Crippen molar-refractivity contribution in [2.75, 3.05) is 20.3 Å². The number of hydrogen-bond acceptors (Lipinski definition) is 8. The first-order chi connectivity index (χ1) is 17.2. The molecule has 1 aliphatic heterocycles. The summed E-state index contributed by atoms with van der Waals surface area (Å²) >= 11 is 3.29. The predicted octanol–water partition coefficient (Wildman–Crippen LogP) is 2.88. The van der Waals surface area contributed by atoms with Crippen LogP contribution in [-0.2, 0) is 14.3 Å². The number of methoxy groups -OCH3 is 1. The molecule has 1 heterocycles. The highest BCUT2D eigenvalue weighted by Gasteiger charge is 2.32. The number of benzene rings is 2. The maximum absolute atomic E-state index is 12.5. The maximum Gasteiger partial charge on any atom is 0.338 e. The molecular formula is C24H25BrN4O7. The van der Waals surface area contributed by atoms with E-state index in [1.54, 1.807) is 44.2 Å². The van der Waals surface area contributed by atoms with Crippen molar-refractivity contribution in [2.24, 2.45) is 5.10 Å². The number of nitrogens with zero attached hydrogens (tertiary/aromatic N) is 1. The summed E-state index contributed by atoms with van der Waals surface area (Å²) in [4.78, 5) is 36.7. The summed E-state index contributed by atoms with van der Waals surface area (Å²) in [6.45, 7) is 3.13. The second kappa shape index (κ2) is 12.1. The highest BCUT2D eigenvalue weighted by Crippen LogP contribution is 2.34. The number of urea groups is 1. The lowest BCUT2D eigenvalue weighted by Crippen LogP contribution is -2.45. The average Bonchev–Trinajstić information content (AvgIpc) is 2.84.